The number of benzene rings is 3. The van der Waals surface area contributed by atoms with Gasteiger partial charge in [0.2, 0.25) is 11.8 Å². The maximum absolute atomic E-state index is 12.2. The Labute approximate surface area is 227 Å². The van der Waals surface area contributed by atoms with E-state index >= 15 is 0 Å². The number of anilines is 1. The van der Waals surface area contributed by atoms with Crippen molar-refractivity contribution in [2.24, 2.45) is 5.10 Å². The molecule has 0 saturated heterocycles. The lowest BCUT2D eigenvalue weighted by Gasteiger charge is -2.14. The summed E-state index contributed by atoms with van der Waals surface area (Å²) in [6.07, 6.45) is 1.07. The van der Waals surface area contributed by atoms with E-state index < -0.39 is 11.8 Å². The lowest BCUT2D eigenvalue weighted by Crippen LogP contribution is -2.24. The van der Waals surface area contributed by atoms with Crippen LogP contribution in [0.4, 0.5) is 5.69 Å². The van der Waals surface area contributed by atoms with Crippen LogP contribution < -0.4 is 20.2 Å². The largest absolute Gasteiger partial charge is 0.493 e. The first-order chi connectivity index (χ1) is 17.2. The highest BCUT2D eigenvalue weighted by atomic mass is 79.9. The highest BCUT2D eigenvalue weighted by molar-refractivity contribution is 9.10. The van der Waals surface area contributed by atoms with Crippen LogP contribution in [0, 0.1) is 13.8 Å². The van der Waals surface area contributed by atoms with Gasteiger partial charge in [0.15, 0.2) is 11.5 Å². The van der Waals surface area contributed by atoms with Crippen LogP contribution in [0.5, 0.6) is 11.5 Å². The zero-order chi connectivity index (χ0) is 26.2. The molecule has 3 rings (SSSR count). The van der Waals surface area contributed by atoms with E-state index in [4.69, 9.17) is 32.7 Å². The van der Waals surface area contributed by atoms with Crippen molar-refractivity contribution in [1.29, 1.82) is 0 Å². The number of carbonyl (C=O) groups excluding carboxylic acids is 2. The molecule has 3 aromatic carbocycles. The van der Waals surface area contributed by atoms with E-state index in [0.29, 0.717) is 37.3 Å². The van der Waals surface area contributed by atoms with Crippen LogP contribution >= 0.6 is 39.1 Å². The Morgan fingerprint density at radius 3 is 2.53 bits per heavy atom. The molecule has 0 unspecified atom stereocenters. The molecular weight excluding hydrogens is 569 g/mol. The molecule has 0 aliphatic carbocycles. The normalized spacial score (nSPS) is 10.8. The summed E-state index contributed by atoms with van der Waals surface area (Å²) in [6.45, 7) is 4.07. The second-order valence-corrected chi connectivity index (χ2v) is 9.59. The fourth-order valence-corrected chi connectivity index (χ4v) is 4.29. The van der Waals surface area contributed by atoms with Crippen molar-refractivity contribution < 1.29 is 19.1 Å². The predicted octanol–water partition coefficient (Wildman–Crippen LogP) is 6.44. The standard InChI is InChI=1S/C26H24BrCl2N3O4/c1-15-4-7-22(16(2)8-15)31-24(33)12-25(34)32-30-13-17-9-20(27)26(23(10-17)35-3)36-14-18-5-6-19(28)11-21(18)29/h4-11,13H,12,14H2,1-3H3,(H,31,33)(H,32,34). The third-order valence-electron chi connectivity index (χ3n) is 5.02. The van der Waals surface area contributed by atoms with Crippen molar-refractivity contribution in [2.45, 2.75) is 26.9 Å². The van der Waals surface area contributed by atoms with Gasteiger partial charge in [-0.25, -0.2) is 5.43 Å². The zero-order valence-electron chi connectivity index (χ0n) is 19.8. The smallest absolute Gasteiger partial charge is 0.249 e. The summed E-state index contributed by atoms with van der Waals surface area (Å²) in [7, 11) is 1.51. The minimum absolute atomic E-state index is 0.207. The fraction of sp³-hybridized carbons (Fsp3) is 0.192. The first kappa shape index (κ1) is 27.5. The van der Waals surface area contributed by atoms with Crippen molar-refractivity contribution in [3.63, 3.8) is 0 Å². The van der Waals surface area contributed by atoms with Crippen LogP contribution in [0.1, 0.15) is 28.7 Å². The molecule has 0 aliphatic rings. The molecule has 2 amide bonds. The van der Waals surface area contributed by atoms with Crippen LogP contribution in [-0.2, 0) is 16.2 Å². The van der Waals surface area contributed by atoms with E-state index in [1.54, 1.807) is 36.4 Å². The van der Waals surface area contributed by atoms with Gasteiger partial charge in [0.25, 0.3) is 0 Å². The second kappa shape index (κ2) is 12.8. The first-order valence-corrected chi connectivity index (χ1v) is 12.3. The van der Waals surface area contributed by atoms with Crippen LogP contribution in [0.3, 0.4) is 0 Å². The Bertz CT molecular complexity index is 1310. The number of hydrazone groups is 1. The zero-order valence-corrected chi connectivity index (χ0v) is 22.9. The van der Waals surface area contributed by atoms with Crippen molar-refractivity contribution in [2.75, 3.05) is 12.4 Å². The van der Waals surface area contributed by atoms with Gasteiger partial charge in [0.1, 0.15) is 13.0 Å². The second-order valence-electron chi connectivity index (χ2n) is 7.90. The van der Waals surface area contributed by atoms with Gasteiger partial charge in [-0.1, -0.05) is 47.0 Å². The molecule has 7 nitrogen and oxygen atoms in total. The molecule has 0 spiro atoms. The quantitative estimate of drug-likeness (QED) is 0.170. The monoisotopic (exact) mass is 591 g/mol. The molecule has 0 aliphatic heterocycles. The summed E-state index contributed by atoms with van der Waals surface area (Å²) < 4.78 is 12.0. The summed E-state index contributed by atoms with van der Waals surface area (Å²) in [4.78, 5) is 24.3. The molecule has 0 bridgehead atoms. The van der Waals surface area contributed by atoms with Crippen molar-refractivity contribution >= 4 is 62.8 Å². The number of ether oxygens (including phenoxy) is 2. The molecule has 0 radical (unpaired) electrons. The van der Waals surface area contributed by atoms with E-state index in [1.165, 1.54) is 13.3 Å². The Morgan fingerprint density at radius 1 is 1.06 bits per heavy atom. The molecule has 188 valence electrons. The number of nitrogens with one attached hydrogen (secondary N) is 2. The van der Waals surface area contributed by atoms with Gasteiger partial charge in [-0.15, -0.1) is 0 Å². The van der Waals surface area contributed by atoms with Gasteiger partial charge in [-0.05, 0) is 71.2 Å². The average Bonchev–Trinajstić information content (AvgIpc) is 2.81. The van der Waals surface area contributed by atoms with E-state index in [9.17, 15) is 9.59 Å². The first-order valence-electron chi connectivity index (χ1n) is 10.8. The molecule has 10 heteroatoms. The summed E-state index contributed by atoms with van der Waals surface area (Å²) in [5.74, 6) is -0.0384. The number of rotatable bonds is 9. The molecule has 36 heavy (non-hydrogen) atoms. The van der Waals surface area contributed by atoms with E-state index in [-0.39, 0.29) is 13.0 Å². The van der Waals surface area contributed by atoms with Crippen LogP contribution in [0.15, 0.2) is 58.1 Å². The number of hydrogen-bond acceptors (Lipinski definition) is 5. The molecule has 3 aromatic rings. The number of nitrogens with zero attached hydrogens (tertiary/aromatic N) is 1. The van der Waals surface area contributed by atoms with Crippen molar-refractivity contribution in [1.82, 2.24) is 5.43 Å². The molecule has 2 N–H and O–H groups in total. The third kappa shape index (κ3) is 7.71. The number of methoxy groups -OCH3 is 1. The van der Waals surface area contributed by atoms with E-state index in [0.717, 1.165) is 16.7 Å². The molecule has 0 fully saturated rings. The maximum Gasteiger partial charge on any atom is 0.249 e. The average molecular weight is 593 g/mol. The molecule has 0 aromatic heterocycles. The SMILES string of the molecule is COc1cc(C=NNC(=O)CC(=O)Nc2ccc(C)cc2C)cc(Br)c1OCc1ccc(Cl)cc1Cl. The Hall–Kier alpha value is -3.07. The van der Waals surface area contributed by atoms with Gasteiger partial charge in [-0.2, -0.15) is 5.10 Å². The molecule has 0 saturated carbocycles. The lowest BCUT2D eigenvalue weighted by molar-refractivity contribution is -0.126. The highest BCUT2D eigenvalue weighted by Gasteiger charge is 2.13. The number of carbonyl (C=O) groups is 2. The summed E-state index contributed by atoms with van der Waals surface area (Å²) >= 11 is 15.6. The van der Waals surface area contributed by atoms with Crippen LogP contribution in [0.25, 0.3) is 0 Å². The van der Waals surface area contributed by atoms with Gasteiger partial charge < -0.3 is 14.8 Å². The van der Waals surface area contributed by atoms with E-state index in [2.05, 4.69) is 31.8 Å². The Kier molecular flexibility index (Phi) is 9.75. The molecule has 0 atom stereocenters. The van der Waals surface area contributed by atoms with E-state index in [1.807, 2.05) is 26.0 Å². The topological polar surface area (TPSA) is 89.0 Å². The number of amides is 2. The highest BCUT2D eigenvalue weighted by Crippen LogP contribution is 2.37. The van der Waals surface area contributed by atoms with Gasteiger partial charge in [-0.3, -0.25) is 9.59 Å². The predicted molar refractivity (Wildman–Crippen MR) is 146 cm³/mol. The number of aryl methyl sites for hydroxylation is 2. The van der Waals surface area contributed by atoms with Crippen molar-refractivity contribution in [3.8, 4) is 11.5 Å². The van der Waals surface area contributed by atoms with Crippen LogP contribution in [-0.4, -0.2) is 25.1 Å². The van der Waals surface area contributed by atoms with Gasteiger partial charge in [0.05, 0.1) is 17.8 Å². The van der Waals surface area contributed by atoms with Crippen molar-refractivity contribution in [3.05, 3.63) is 85.3 Å². The van der Waals surface area contributed by atoms with Crippen LogP contribution in [0.2, 0.25) is 10.0 Å². The summed E-state index contributed by atoms with van der Waals surface area (Å²) in [5.41, 5.74) is 6.44. The number of hydrogen-bond donors (Lipinski definition) is 2. The Morgan fingerprint density at radius 2 is 1.83 bits per heavy atom. The van der Waals surface area contributed by atoms with Gasteiger partial charge in [0, 0.05) is 21.3 Å². The Balaban J connectivity index is 1.58. The molecule has 0 heterocycles. The minimum Gasteiger partial charge on any atom is -0.493 e. The maximum atomic E-state index is 12.2. The third-order valence-corrected chi connectivity index (χ3v) is 6.19. The minimum atomic E-state index is -0.542. The summed E-state index contributed by atoms with van der Waals surface area (Å²) in [5, 5.41) is 7.71. The number of halogens is 3. The molecular formula is C26H24BrCl2N3O4. The summed E-state index contributed by atoms with van der Waals surface area (Å²) in [6, 6.07) is 14.3. The van der Waals surface area contributed by atoms with Gasteiger partial charge >= 0.3 is 0 Å². The lowest BCUT2D eigenvalue weighted by atomic mass is 10.1. The fourth-order valence-electron chi connectivity index (χ4n) is 3.26.